The maximum absolute atomic E-state index is 14.9. The van der Waals surface area contributed by atoms with Crippen molar-refractivity contribution >= 4 is 21.9 Å². The lowest BCUT2D eigenvalue weighted by Crippen LogP contribution is -2.00. The Morgan fingerprint density at radius 3 is 2.31 bits per heavy atom. The van der Waals surface area contributed by atoms with Crippen LogP contribution in [-0.2, 0) is 0 Å². The van der Waals surface area contributed by atoms with Crippen LogP contribution in [0.5, 0.6) is 5.75 Å². The van der Waals surface area contributed by atoms with Crippen molar-refractivity contribution in [2.24, 2.45) is 0 Å². The Balaban J connectivity index is 2.03. The highest BCUT2D eigenvalue weighted by molar-refractivity contribution is 6.05. The summed E-state index contributed by atoms with van der Waals surface area (Å²) in [5.74, 6) is -1.15. The molecule has 0 aliphatic rings. The largest absolute Gasteiger partial charge is 0.490 e. The highest BCUT2D eigenvalue weighted by atomic mass is 19.1. The first-order valence-corrected chi connectivity index (χ1v) is 9.22. The van der Waals surface area contributed by atoms with Gasteiger partial charge >= 0.3 is 0 Å². The van der Waals surface area contributed by atoms with E-state index in [9.17, 15) is 13.9 Å². The van der Waals surface area contributed by atoms with Crippen LogP contribution in [0.15, 0.2) is 28.7 Å². The van der Waals surface area contributed by atoms with Gasteiger partial charge in [0.15, 0.2) is 22.7 Å². The van der Waals surface area contributed by atoms with E-state index in [-0.39, 0.29) is 22.5 Å². The maximum atomic E-state index is 14.9. The average Bonchev–Trinajstić information content (AvgIpc) is 3.02. The molecule has 0 bridgehead atoms. The summed E-state index contributed by atoms with van der Waals surface area (Å²) < 4.78 is 40.5. The number of ether oxygens (including phenoxy) is 1. The number of aliphatic hydroxyl groups is 1. The molecule has 0 saturated carbocycles. The molecule has 0 aliphatic heterocycles. The van der Waals surface area contributed by atoms with Gasteiger partial charge < -0.3 is 14.3 Å². The Morgan fingerprint density at radius 1 is 0.962 bits per heavy atom. The molecule has 0 unspecified atom stereocenters. The first-order valence-electron chi connectivity index (χ1n) is 9.22. The van der Waals surface area contributed by atoms with Gasteiger partial charge in [-0.25, -0.2) is 4.39 Å². The van der Waals surface area contributed by atoms with Crippen LogP contribution in [0.1, 0.15) is 57.6 Å². The molecule has 1 aromatic heterocycles. The molecule has 3 aromatic rings. The molecule has 1 N–H and O–H groups in total. The summed E-state index contributed by atoms with van der Waals surface area (Å²) in [5, 5.41) is 11.2. The van der Waals surface area contributed by atoms with Gasteiger partial charge in [0.2, 0.25) is 5.82 Å². The summed E-state index contributed by atoms with van der Waals surface area (Å²) in [7, 11) is 0. The van der Waals surface area contributed by atoms with Crippen LogP contribution in [0.3, 0.4) is 0 Å². The quantitative estimate of drug-likeness (QED) is 0.480. The first kappa shape index (κ1) is 18.6. The number of unbranched alkanes of at least 4 members (excludes halogenated alkanes) is 2. The smallest absolute Gasteiger partial charge is 0.208 e. The topological polar surface area (TPSA) is 42.6 Å². The Labute approximate surface area is 151 Å². The van der Waals surface area contributed by atoms with Crippen LogP contribution in [0.4, 0.5) is 8.78 Å². The van der Waals surface area contributed by atoms with E-state index >= 15 is 0 Å². The second-order valence-corrected chi connectivity index (χ2v) is 6.56. The predicted octanol–water partition coefficient (Wildman–Crippen LogP) is 6.27. The Hall–Kier alpha value is -2.14. The number of benzene rings is 2. The molecule has 1 atom stereocenters. The average molecular weight is 362 g/mol. The predicted molar refractivity (Wildman–Crippen MR) is 98.5 cm³/mol. The molecule has 2 aromatic carbocycles. The summed E-state index contributed by atoms with van der Waals surface area (Å²) in [5.41, 5.74) is 0.135. The van der Waals surface area contributed by atoms with Gasteiger partial charge in [-0.1, -0.05) is 39.2 Å². The van der Waals surface area contributed by atoms with Crippen molar-refractivity contribution in [1.29, 1.82) is 0 Å². The SMILES string of the molecule is CCCCOc1ccc2c(oc3c(F)c([C@@H](O)CCCC)ccc32)c1F. The fourth-order valence-electron chi connectivity index (χ4n) is 3.08. The van der Waals surface area contributed by atoms with E-state index in [4.69, 9.17) is 9.15 Å². The summed E-state index contributed by atoms with van der Waals surface area (Å²) >= 11 is 0. The first-order chi connectivity index (χ1) is 12.6. The minimum atomic E-state index is -0.898. The van der Waals surface area contributed by atoms with E-state index < -0.39 is 17.7 Å². The van der Waals surface area contributed by atoms with Gasteiger partial charge in [0.1, 0.15) is 0 Å². The highest BCUT2D eigenvalue weighted by Crippen LogP contribution is 2.37. The molecule has 0 saturated heterocycles. The number of hydrogen-bond donors (Lipinski definition) is 1. The van der Waals surface area contributed by atoms with Gasteiger partial charge in [0.05, 0.1) is 12.7 Å². The third kappa shape index (κ3) is 3.40. The number of furan rings is 1. The number of halogens is 2. The highest BCUT2D eigenvalue weighted by Gasteiger charge is 2.21. The van der Waals surface area contributed by atoms with Gasteiger partial charge in [0, 0.05) is 16.3 Å². The van der Waals surface area contributed by atoms with Crippen molar-refractivity contribution in [2.45, 2.75) is 52.1 Å². The minimum Gasteiger partial charge on any atom is -0.490 e. The Morgan fingerprint density at radius 2 is 1.62 bits per heavy atom. The van der Waals surface area contributed by atoms with Gasteiger partial charge in [0.25, 0.3) is 0 Å². The molecule has 1 heterocycles. The molecule has 26 heavy (non-hydrogen) atoms. The minimum absolute atomic E-state index is 0.0203. The third-order valence-corrected chi connectivity index (χ3v) is 4.63. The van der Waals surface area contributed by atoms with Crippen molar-refractivity contribution in [2.75, 3.05) is 6.61 Å². The molecular formula is C21H24F2O3. The van der Waals surface area contributed by atoms with Gasteiger partial charge in [-0.15, -0.1) is 0 Å². The van der Waals surface area contributed by atoms with Crippen molar-refractivity contribution in [3.63, 3.8) is 0 Å². The third-order valence-electron chi connectivity index (χ3n) is 4.63. The van der Waals surface area contributed by atoms with Crippen LogP contribution < -0.4 is 4.74 Å². The summed E-state index contributed by atoms with van der Waals surface area (Å²) in [6, 6.07) is 6.45. The molecule has 0 aliphatic carbocycles. The van der Waals surface area contributed by atoms with Crippen molar-refractivity contribution in [3.8, 4) is 5.75 Å². The molecule has 0 amide bonds. The summed E-state index contributed by atoms with van der Waals surface area (Å²) in [6.45, 7) is 4.45. The molecule has 5 heteroatoms. The van der Waals surface area contributed by atoms with E-state index in [0.29, 0.717) is 23.8 Å². The summed E-state index contributed by atoms with van der Waals surface area (Å²) in [6.07, 6.45) is 3.06. The molecular weight excluding hydrogens is 338 g/mol. The zero-order valence-electron chi connectivity index (χ0n) is 15.1. The van der Waals surface area contributed by atoms with Gasteiger partial charge in [-0.3, -0.25) is 0 Å². The fourth-order valence-corrected chi connectivity index (χ4v) is 3.08. The zero-order valence-corrected chi connectivity index (χ0v) is 15.1. The standard InChI is InChI=1S/C21H24F2O3/c1-3-5-7-16(24)15-9-8-13-14-10-11-17(25-12-6-4-2)19(23)21(14)26-20(13)18(15)22/h8-11,16,24H,3-7,12H2,1-2H3/t16-/m0/s1. The lowest BCUT2D eigenvalue weighted by molar-refractivity contribution is 0.160. The van der Waals surface area contributed by atoms with E-state index in [0.717, 1.165) is 25.7 Å². The lowest BCUT2D eigenvalue weighted by atomic mass is 10.0. The second kappa shape index (κ2) is 8.04. The second-order valence-electron chi connectivity index (χ2n) is 6.56. The van der Waals surface area contributed by atoms with Crippen LogP contribution in [0.2, 0.25) is 0 Å². The number of fused-ring (bicyclic) bond motifs is 3. The van der Waals surface area contributed by atoms with Gasteiger partial charge in [-0.2, -0.15) is 4.39 Å². The lowest BCUT2D eigenvalue weighted by Gasteiger charge is -2.11. The monoisotopic (exact) mass is 362 g/mol. The number of rotatable bonds is 8. The molecule has 0 radical (unpaired) electrons. The zero-order chi connectivity index (χ0) is 18.7. The molecule has 140 valence electrons. The van der Waals surface area contributed by atoms with E-state index in [1.54, 1.807) is 24.3 Å². The van der Waals surface area contributed by atoms with Crippen molar-refractivity contribution in [1.82, 2.24) is 0 Å². The van der Waals surface area contributed by atoms with E-state index in [1.807, 2.05) is 13.8 Å². The van der Waals surface area contributed by atoms with E-state index in [2.05, 4.69) is 0 Å². The van der Waals surface area contributed by atoms with Gasteiger partial charge in [-0.05, 0) is 31.0 Å². The fraction of sp³-hybridized carbons (Fsp3) is 0.429. The summed E-state index contributed by atoms with van der Waals surface area (Å²) in [4.78, 5) is 0. The molecule has 3 nitrogen and oxygen atoms in total. The van der Waals surface area contributed by atoms with Crippen LogP contribution in [0.25, 0.3) is 21.9 Å². The van der Waals surface area contributed by atoms with E-state index in [1.165, 1.54) is 0 Å². The Kier molecular flexibility index (Phi) is 5.77. The number of aliphatic hydroxyl groups excluding tert-OH is 1. The Bertz CT molecular complexity index is 901. The molecule has 3 rings (SSSR count). The van der Waals surface area contributed by atoms with Crippen LogP contribution in [-0.4, -0.2) is 11.7 Å². The normalized spacial score (nSPS) is 12.8. The van der Waals surface area contributed by atoms with Crippen LogP contribution >= 0.6 is 0 Å². The maximum Gasteiger partial charge on any atom is 0.208 e. The molecule has 0 fully saturated rings. The van der Waals surface area contributed by atoms with Crippen molar-refractivity contribution < 1.29 is 23.0 Å². The van der Waals surface area contributed by atoms with Crippen molar-refractivity contribution in [3.05, 3.63) is 41.5 Å². The van der Waals surface area contributed by atoms with Crippen LogP contribution in [0, 0.1) is 11.6 Å². The molecule has 0 spiro atoms. The number of hydrogen-bond acceptors (Lipinski definition) is 3.